The van der Waals surface area contributed by atoms with Crippen molar-refractivity contribution in [2.75, 3.05) is 5.32 Å². The molecule has 2 rings (SSSR count). The van der Waals surface area contributed by atoms with Gasteiger partial charge >= 0.3 is 5.97 Å². The van der Waals surface area contributed by atoms with Crippen molar-refractivity contribution in [3.8, 4) is 11.5 Å². The summed E-state index contributed by atoms with van der Waals surface area (Å²) in [5.41, 5.74) is 0.0252. The zero-order valence-corrected chi connectivity index (χ0v) is 11.1. The van der Waals surface area contributed by atoms with Crippen molar-refractivity contribution >= 4 is 17.6 Å². The Morgan fingerprint density at radius 2 is 1.86 bits per heavy atom. The molecule has 1 amide bonds. The zero-order valence-electron chi connectivity index (χ0n) is 11.1. The first kappa shape index (κ1) is 14.5. The van der Waals surface area contributed by atoms with Gasteiger partial charge in [-0.25, -0.2) is 9.18 Å². The van der Waals surface area contributed by atoms with E-state index in [1.54, 1.807) is 18.2 Å². The third-order valence-electron chi connectivity index (χ3n) is 2.61. The number of para-hydroxylation sites is 3. The van der Waals surface area contributed by atoms with Gasteiger partial charge in [0, 0.05) is 6.92 Å². The number of ether oxygens (including phenoxy) is 1. The Hall–Kier alpha value is -2.89. The molecule has 0 aliphatic carbocycles. The SMILES string of the molecule is CC(=O)Nc1ccccc1Oc1c(F)cccc1C(=O)O. The van der Waals surface area contributed by atoms with Gasteiger partial charge in [0.1, 0.15) is 5.56 Å². The molecule has 0 spiro atoms. The molecule has 2 aromatic carbocycles. The van der Waals surface area contributed by atoms with Gasteiger partial charge in [0.25, 0.3) is 0 Å². The zero-order chi connectivity index (χ0) is 15.4. The molecule has 0 atom stereocenters. The van der Waals surface area contributed by atoms with E-state index in [1.807, 2.05) is 0 Å². The summed E-state index contributed by atoms with van der Waals surface area (Å²) in [6, 6.07) is 9.98. The number of hydrogen-bond acceptors (Lipinski definition) is 3. The summed E-state index contributed by atoms with van der Waals surface area (Å²) in [6.45, 7) is 1.32. The van der Waals surface area contributed by atoms with Crippen molar-refractivity contribution in [1.29, 1.82) is 0 Å². The fourth-order valence-electron chi connectivity index (χ4n) is 1.74. The van der Waals surface area contributed by atoms with E-state index in [0.717, 1.165) is 6.07 Å². The Morgan fingerprint density at radius 3 is 2.52 bits per heavy atom. The lowest BCUT2D eigenvalue weighted by Gasteiger charge is -2.13. The molecule has 6 heteroatoms. The molecule has 0 saturated heterocycles. The summed E-state index contributed by atoms with van der Waals surface area (Å²) < 4.78 is 19.2. The first-order valence-corrected chi connectivity index (χ1v) is 6.05. The maximum atomic E-state index is 13.8. The molecule has 2 aromatic rings. The molecule has 108 valence electrons. The van der Waals surface area contributed by atoms with E-state index in [-0.39, 0.29) is 17.2 Å². The minimum absolute atomic E-state index is 0.153. The van der Waals surface area contributed by atoms with Crippen molar-refractivity contribution in [2.45, 2.75) is 6.92 Å². The van der Waals surface area contributed by atoms with Gasteiger partial charge in [-0.1, -0.05) is 18.2 Å². The van der Waals surface area contributed by atoms with Crippen LogP contribution in [-0.2, 0) is 4.79 Å². The van der Waals surface area contributed by atoms with Crippen LogP contribution in [0.25, 0.3) is 0 Å². The Balaban J connectivity index is 2.44. The number of carboxylic acids is 1. The Kier molecular flexibility index (Phi) is 4.18. The van der Waals surface area contributed by atoms with Gasteiger partial charge in [-0.15, -0.1) is 0 Å². The van der Waals surface area contributed by atoms with Gasteiger partial charge in [-0.05, 0) is 24.3 Å². The molecular weight excluding hydrogens is 277 g/mol. The highest BCUT2D eigenvalue weighted by atomic mass is 19.1. The molecule has 0 heterocycles. The molecule has 0 bridgehead atoms. The smallest absolute Gasteiger partial charge is 0.339 e. The van der Waals surface area contributed by atoms with Crippen molar-refractivity contribution in [2.24, 2.45) is 0 Å². The van der Waals surface area contributed by atoms with Crippen LogP contribution in [0.4, 0.5) is 10.1 Å². The molecule has 0 saturated carbocycles. The van der Waals surface area contributed by atoms with Gasteiger partial charge in [-0.2, -0.15) is 0 Å². The summed E-state index contributed by atoms with van der Waals surface area (Å²) in [5, 5.41) is 11.6. The van der Waals surface area contributed by atoms with Gasteiger partial charge in [0.2, 0.25) is 5.91 Å². The lowest BCUT2D eigenvalue weighted by Crippen LogP contribution is -2.08. The number of amides is 1. The van der Waals surface area contributed by atoms with Gasteiger partial charge in [0.05, 0.1) is 5.69 Å². The van der Waals surface area contributed by atoms with Crippen LogP contribution in [0.3, 0.4) is 0 Å². The minimum atomic E-state index is -1.30. The van der Waals surface area contributed by atoms with E-state index in [1.165, 1.54) is 25.1 Å². The molecule has 0 aliphatic heterocycles. The lowest BCUT2D eigenvalue weighted by atomic mass is 10.2. The number of carboxylic acid groups (broad SMARTS) is 1. The highest BCUT2D eigenvalue weighted by Gasteiger charge is 2.17. The number of anilines is 1. The normalized spacial score (nSPS) is 10.0. The molecule has 0 aliphatic rings. The second-order valence-electron chi connectivity index (χ2n) is 4.20. The first-order chi connectivity index (χ1) is 9.99. The first-order valence-electron chi connectivity index (χ1n) is 6.05. The van der Waals surface area contributed by atoms with Gasteiger partial charge < -0.3 is 15.2 Å². The number of carbonyl (C=O) groups excluding carboxylic acids is 1. The van der Waals surface area contributed by atoms with Crippen LogP contribution < -0.4 is 10.1 Å². The maximum Gasteiger partial charge on any atom is 0.339 e. The number of hydrogen-bond donors (Lipinski definition) is 2. The average molecular weight is 289 g/mol. The fourth-order valence-corrected chi connectivity index (χ4v) is 1.74. The predicted molar refractivity (Wildman–Crippen MR) is 74.2 cm³/mol. The average Bonchev–Trinajstić information content (AvgIpc) is 2.42. The monoisotopic (exact) mass is 289 g/mol. The summed E-state index contributed by atoms with van der Waals surface area (Å²) >= 11 is 0. The van der Waals surface area contributed by atoms with Gasteiger partial charge in [0.15, 0.2) is 17.3 Å². The summed E-state index contributed by atoms with van der Waals surface area (Å²) in [4.78, 5) is 22.2. The highest BCUT2D eigenvalue weighted by Crippen LogP contribution is 2.33. The van der Waals surface area contributed by atoms with E-state index in [2.05, 4.69) is 5.32 Å². The number of nitrogens with one attached hydrogen (secondary N) is 1. The molecular formula is C15H12FNO4. The van der Waals surface area contributed by atoms with Crippen LogP contribution in [0.5, 0.6) is 11.5 Å². The molecule has 5 nitrogen and oxygen atoms in total. The van der Waals surface area contributed by atoms with E-state index >= 15 is 0 Å². The van der Waals surface area contributed by atoms with Crippen LogP contribution in [0, 0.1) is 5.82 Å². The van der Waals surface area contributed by atoms with E-state index < -0.39 is 17.5 Å². The van der Waals surface area contributed by atoms with Gasteiger partial charge in [-0.3, -0.25) is 4.79 Å². The van der Waals surface area contributed by atoms with Crippen molar-refractivity contribution in [3.05, 3.63) is 53.8 Å². The van der Waals surface area contributed by atoms with Crippen LogP contribution in [-0.4, -0.2) is 17.0 Å². The Bertz CT molecular complexity index is 700. The molecule has 0 unspecified atom stereocenters. The molecule has 0 fully saturated rings. The van der Waals surface area contributed by atoms with Crippen molar-refractivity contribution in [1.82, 2.24) is 0 Å². The molecule has 21 heavy (non-hydrogen) atoms. The van der Waals surface area contributed by atoms with Crippen molar-refractivity contribution < 1.29 is 23.8 Å². The number of carbonyl (C=O) groups is 2. The number of halogens is 1. The topological polar surface area (TPSA) is 75.6 Å². The van der Waals surface area contributed by atoms with Crippen molar-refractivity contribution in [3.63, 3.8) is 0 Å². The van der Waals surface area contributed by atoms with Crippen LogP contribution in [0.1, 0.15) is 17.3 Å². The standard InChI is InChI=1S/C15H12FNO4/c1-9(18)17-12-7-2-3-8-13(12)21-14-10(15(19)20)5-4-6-11(14)16/h2-8H,1H3,(H,17,18)(H,19,20). The third-order valence-corrected chi connectivity index (χ3v) is 2.61. The maximum absolute atomic E-state index is 13.8. The minimum Gasteiger partial charge on any atom is -0.478 e. The number of rotatable bonds is 4. The third kappa shape index (κ3) is 3.36. The summed E-state index contributed by atoms with van der Waals surface area (Å²) in [6.07, 6.45) is 0. The molecule has 0 radical (unpaired) electrons. The lowest BCUT2D eigenvalue weighted by molar-refractivity contribution is -0.114. The predicted octanol–water partition coefficient (Wildman–Crippen LogP) is 3.27. The van der Waals surface area contributed by atoms with Crippen LogP contribution in [0.2, 0.25) is 0 Å². The Morgan fingerprint density at radius 1 is 1.14 bits per heavy atom. The Labute approximate surface area is 120 Å². The quantitative estimate of drug-likeness (QED) is 0.905. The second kappa shape index (κ2) is 6.04. The molecule has 2 N–H and O–H groups in total. The summed E-state index contributed by atoms with van der Waals surface area (Å²) in [7, 11) is 0. The highest BCUT2D eigenvalue weighted by molar-refractivity contribution is 5.92. The molecule has 0 aromatic heterocycles. The number of benzene rings is 2. The van der Waals surface area contributed by atoms with E-state index in [0.29, 0.717) is 5.69 Å². The second-order valence-corrected chi connectivity index (χ2v) is 4.20. The summed E-state index contributed by atoms with van der Waals surface area (Å²) in [5.74, 6) is -2.67. The van der Waals surface area contributed by atoms with Crippen LogP contribution in [0.15, 0.2) is 42.5 Å². The van der Waals surface area contributed by atoms with E-state index in [9.17, 15) is 14.0 Å². The van der Waals surface area contributed by atoms with E-state index in [4.69, 9.17) is 9.84 Å². The van der Waals surface area contributed by atoms with Crippen LogP contribution >= 0.6 is 0 Å². The largest absolute Gasteiger partial charge is 0.478 e. The number of aromatic carboxylic acids is 1. The fraction of sp³-hybridized carbons (Fsp3) is 0.0667.